The molecule has 1 aromatic rings. The number of ether oxygens (including phenoxy) is 1. The number of nitrogens with zero attached hydrogens (tertiary/aromatic N) is 1. The number of carboxylic acid groups (broad SMARTS) is 1. The Bertz CT molecular complexity index is 531. The second kappa shape index (κ2) is 7.24. The molecule has 2 rings (SSSR count). The van der Waals surface area contributed by atoms with Crippen molar-refractivity contribution in [3.05, 3.63) is 29.8 Å². The minimum Gasteiger partial charge on any atom is -0.480 e. The minimum atomic E-state index is -1.06. The number of rotatable bonds is 5. The van der Waals surface area contributed by atoms with Gasteiger partial charge in [-0.05, 0) is 37.0 Å². The highest BCUT2D eigenvalue weighted by Gasteiger charge is 2.29. The van der Waals surface area contributed by atoms with Crippen LogP contribution in [0.1, 0.15) is 18.4 Å². The third-order valence-corrected chi connectivity index (χ3v) is 3.72. The SMILES string of the molecule is N[C@@H](Cc1ccc(OC(=O)N2CCCC2CO)cc1)C(=O)O. The molecule has 1 unspecified atom stereocenters. The highest BCUT2D eigenvalue weighted by molar-refractivity contribution is 5.73. The largest absolute Gasteiger partial charge is 0.480 e. The number of hydrogen-bond donors (Lipinski definition) is 3. The van der Waals surface area contributed by atoms with Crippen LogP contribution in [0, 0.1) is 0 Å². The minimum absolute atomic E-state index is 0.0683. The maximum atomic E-state index is 12.0. The van der Waals surface area contributed by atoms with Crippen LogP contribution in [0.15, 0.2) is 24.3 Å². The molecule has 1 aliphatic rings. The van der Waals surface area contributed by atoms with Gasteiger partial charge < -0.3 is 25.6 Å². The van der Waals surface area contributed by atoms with Crippen LogP contribution in [0.2, 0.25) is 0 Å². The van der Waals surface area contributed by atoms with Gasteiger partial charge in [-0.15, -0.1) is 0 Å². The summed E-state index contributed by atoms with van der Waals surface area (Å²) in [7, 11) is 0. The van der Waals surface area contributed by atoms with Gasteiger partial charge in [-0.3, -0.25) is 4.79 Å². The molecule has 1 fully saturated rings. The fourth-order valence-corrected chi connectivity index (χ4v) is 2.46. The molecule has 2 atom stereocenters. The third-order valence-electron chi connectivity index (χ3n) is 3.72. The molecule has 1 heterocycles. The topological polar surface area (TPSA) is 113 Å². The van der Waals surface area contributed by atoms with Crippen molar-refractivity contribution in [1.29, 1.82) is 0 Å². The summed E-state index contributed by atoms with van der Waals surface area (Å²) in [5.41, 5.74) is 6.22. The molecular weight excluding hydrogens is 288 g/mol. The van der Waals surface area contributed by atoms with Crippen molar-refractivity contribution in [2.24, 2.45) is 5.73 Å². The molecule has 1 amide bonds. The van der Waals surface area contributed by atoms with Crippen molar-refractivity contribution in [3.8, 4) is 5.75 Å². The van der Waals surface area contributed by atoms with Crippen molar-refractivity contribution in [2.75, 3.05) is 13.2 Å². The molecule has 7 nitrogen and oxygen atoms in total. The van der Waals surface area contributed by atoms with Crippen LogP contribution in [0.5, 0.6) is 5.75 Å². The lowest BCUT2D eigenvalue weighted by Crippen LogP contribution is -2.39. The summed E-state index contributed by atoms with van der Waals surface area (Å²) in [6.45, 7) is 0.511. The molecule has 0 aliphatic carbocycles. The maximum absolute atomic E-state index is 12.0. The van der Waals surface area contributed by atoms with Gasteiger partial charge in [0.15, 0.2) is 0 Å². The zero-order valence-corrected chi connectivity index (χ0v) is 12.1. The Kier molecular flexibility index (Phi) is 5.35. The Hall–Kier alpha value is -2.12. The second-order valence-electron chi connectivity index (χ2n) is 5.33. The van der Waals surface area contributed by atoms with Crippen molar-refractivity contribution in [1.82, 2.24) is 4.90 Å². The number of aliphatic hydroxyl groups excluding tert-OH is 1. The van der Waals surface area contributed by atoms with Crippen molar-refractivity contribution < 1.29 is 24.5 Å². The molecule has 0 bridgehead atoms. The van der Waals surface area contributed by atoms with E-state index in [1.165, 1.54) is 4.90 Å². The molecule has 0 radical (unpaired) electrons. The van der Waals surface area contributed by atoms with E-state index in [0.717, 1.165) is 18.4 Å². The molecule has 7 heteroatoms. The molecule has 1 aromatic carbocycles. The quantitative estimate of drug-likeness (QED) is 0.734. The predicted octanol–water partition coefficient (Wildman–Crippen LogP) is 0.596. The van der Waals surface area contributed by atoms with E-state index in [1.807, 2.05) is 0 Å². The fraction of sp³-hybridized carbons (Fsp3) is 0.467. The number of aliphatic carboxylic acids is 1. The number of nitrogens with two attached hydrogens (primary N) is 1. The summed E-state index contributed by atoms with van der Waals surface area (Å²) in [5.74, 6) is -0.680. The summed E-state index contributed by atoms with van der Waals surface area (Å²) >= 11 is 0. The van der Waals surface area contributed by atoms with Crippen LogP contribution in [0.25, 0.3) is 0 Å². The monoisotopic (exact) mass is 308 g/mol. The Labute approximate surface area is 128 Å². The average molecular weight is 308 g/mol. The van der Waals surface area contributed by atoms with Gasteiger partial charge in [0.25, 0.3) is 0 Å². The summed E-state index contributed by atoms with van der Waals surface area (Å²) in [6.07, 6.45) is 1.36. The Balaban J connectivity index is 1.93. The van der Waals surface area contributed by atoms with Gasteiger partial charge in [-0.2, -0.15) is 0 Å². The average Bonchev–Trinajstić information content (AvgIpc) is 2.97. The van der Waals surface area contributed by atoms with Crippen LogP contribution in [0.4, 0.5) is 4.79 Å². The number of benzene rings is 1. The first-order valence-electron chi connectivity index (χ1n) is 7.18. The first-order valence-corrected chi connectivity index (χ1v) is 7.18. The highest BCUT2D eigenvalue weighted by atomic mass is 16.6. The summed E-state index contributed by atoms with van der Waals surface area (Å²) < 4.78 is 5.27. The third kappa shape index (κ3) is 3.96. The fourth-order valence-electron chi connectivity index (χ4n) is 2.46. The van der Waals surface area contributed by atoms with E-state index < -0.39 is 18.1 Å². The zero-order valence-electron chi connectivity index (χ0n) is 12.1. The van der Waals surface area contributed by atoms with Crippen molar-refractivity contribution in [3.63, 3.8) is 0 Å². The Morgan fingerprint density at radius 1 is 1.36 bits per heavy atom. The molecule has 4 N–H and O–H groups in total. The van der Waals surface area contributed by atoms with E-state index in [9.17, 15) is 14.7 Å². The van der Waals surface area contributed by atoms with Crippen molar-refractivity contribution in [2.45, 2.75) is 31.3 Å². The van der Waals surface area contributed by atoms with Gasteiger partial charge in [0.1, 0.15) is 11.8 Å². The molecule has 22 heavy (non-hydrogen) atoms. The van der Waals surface area contributed by atoms with Crippen molar-refractivity contribution >= 4 is 12.1 Å². The molecular formula is C15H20N2O5. The molecule has 120 valence electrons. The maximum Gasteiger partial charge on any atom is 0.415 e. The molecule has 0 spiro atoms. The van der Waals surface area contributed by atoms with Gasteiger partial charge in [-0.1, -0.05) is 12.1 Å². The Morgan fingerprint density at radius 2 is 2.05 bits per heavy atom. The lowest BCUT2D eigenvalue weighted by atomic mass is 10.1. The summed E-state index contributed by atoms with van der Waals surface area (Å²) in [4.78, 5) is 24.3. The van der Waals surface area contributed by atoms with Crippen LogP contribution in [0.3, 0.4) is 0 Å². The number of hydrogen-bond acceptors (Lipinski definition) is 5. The number of likely N-dealkylation sites (tertiary alicyclic amines) is 1. The van der Waals surface area contributed by atoms with E-state index in [1.54, 1.807) is 24.3 Å². The first kappa shape index (κ1) is 16.3. The lowest BCUT2D eigenvalue weighted by Gasteiger charge is -2.22. The predicted molar refractivity (Wildman–Crippen MR) is 78.6 cm³/mol. The van der Waals surface area contributed by atoms with E-state index in [4.69, 9.17) is 15.6 Å². The smallest absolute Gasteiger partial charge is 0.415 e. The number of carboxylic acids is 1. The molecule has 1 aliphatic heterocycles. The summed E-state index contributed by atoms with van der Waals surface area (Å²) in [5, 5.41) is 18.0. The first-order chi connectivity index (χ1) is 10.5. The normalized spacial score (nSPS) is 19.0. The van der Waals surface area contributed by atoms with Gasteiger partial charge in [-0.25, -0.2) is 4.79 Å². The van der Waals surface area contributed by atoms with Crippen LogP contribution < -0.4 is 10.5 Å². The Morgan fingerprint density at radius 3 is 2.64 bits per heavy atom. The number of amides is 1. The van der Waals surface area contributed by atoms with E-state index in [-0.39, 0.29) is 19.1 Å². The standard InChI is InChI=1S/C15H20N2O5/c16-13(14(19)20)8-10-3-5-12(6-4-10)22-15(21)17-7-1-2-11(17)9-18/h3-6,11,13,18H,1-2,7-9,16H2,(H,19,20)/t11?,13-/m0/s1. The molecule has 0 aromatic heterocycles. The van der Waals surface area contributed by atoms with Crippen LogP contribution in [-0.4, -0.2) is 52.4 Å². The number of carbonyl (C=O) groups is 2. The molecule has 1 saturated heterocycles. The summed E-state index contributed by atoms with van der Waals surface area (Å²) in [6, 6.07) is 5.43. The zero-order chi connectivity index (χ0) is 16.1. The van der Waals surface area contributed by atoms with E-state index in [0.29, 0.717) is 12.3 Å². The van der Waals surface area contributed by atoms with E-state index >= 15 is 0 Å². The lowest BCUT2D eigenvalue weighted by molar-refractivity contribution is -0.138. The van der Waals surface area contributed by atoms with Crippen LogP contribution >= 0.6 is 0 Å². The second-order valence-corrected chi connectivity index (χ2v) is 5.33. The van der Waals surface area contributed by atoms with Gasteiger partial charge in [0.05, 0.1) is 12.6 Å². The molecule has 0 saturated carbocycles. The van der Waals surface area contributed by atoms with Crippen LogP contribution in [-0.2, 0) is 11.2 Å². The van der Waals surface area contributed by atoms with Gasteiger partial charge in [0.2, 0.25) is 0 Å². The van der Waals surface area contributed by atoms with Gasteiger partial charge >= 0.3 is 12.1 Å². The van der Waals surface area contributed by atoms with Gasteiger partial charge in [0, 0.05) is 6.54 Å². The number of aliphatic hydroxyl groups is 1. The highest BCUT2D eigenvalue weighted by Crippen LogP contribution is 2.20. The van der Waals surface area contributed by atoms with E-state index in [2.05, 4.69) is 0 Å². The number of carbonyl (C=O) groups excluding carboxylic acids is 1.